The Labute approximate surface area is 105 Å². The third-order valence-electron chi connectivity index (χ3n) is 3.48. The fourth-order valence-electron chi connectivity index (χ4n) is 2.59. The zero-order chi connectivity index (χ0) is 13.1. The lowest BCUT2D eigenvalue weighted by Gasteiger charge is -2.36. The van der Waals surface area contributed by atoms with Gasteiger partial charge in [0.25, 0.3) is 0 Å². The Morgan fingerprint density at radius 3 is 2.18 bits per heavy atom. The lowest BCUT2D eigenvalue weighted by molar-refractivity contribution is -0.156. The Kier molecular flexibility index (Phi) is 4.59. The van der Waals surface area contributed by atoms with Gasteiger partial charge in [-0.05, 0) is 46.5 Å². The van der Waals surface area contributed by atoms with E-state index in [1.807, 2.05) is 27.7 Å². The molecule has 3 heteroatoms. The van der Waals surface area contributed by atoms with Crippen LogP contribution in [0.25, 0.3) is 0 Å². The molecule has 100 valence electrons. The molecular weight excluding hydrogens is 214 g/mol. The molecule has 0 aromatic rings. The van der Waals surface area contributed by atoms with Crippen LogP contribution in [0.3, 0.4) is 0 Å². The molecule has 1 aliphatic rings. The molecule has 0 aliphatic heterocycles. The number of esters is 1. The summed E-state index contributed by atoms with van der Waals surface area (Å²) >= 11 is 0. The van der Waals surface area contributed by atoms with Crippen molar-refractivity contribution in [1.82, 2.24) is 0 Å². The standard InChI is InChI=1S/C14H27NO2/c1-13(2,3)17-12(16)10-14(4,15)11-8-6-5-7-9-11/h11H,5-10,15H2,1-4H3. The molecule has 1 rings (SSSR count). The van der Waals surface area contributed by atoms with E-state index >= 15 is 0 Å². The molecule has 0 spiro atoms. The predicted molar refractivity (Wildman–Crippen MR) is 69.6 cm³/mol. The summed E-state index contributed by atoms with van der Waals surface area (Å²) in [6, 6.07) is 0. The molecule has 2 N–H and O–H groups in total. The molecule has 1 unspecified atom stereocenters. The lowest BCUT2D eigenvalue weighted by atomic mass is 9.74. The van der Waals surface area contributed by atoms with E-state index < -0.39 is 11.1 Å². The summed E-state index contributed by atoms with van der Waals surface area (Å²) in [4.78, 5) is 11.8. The molecule has 1 aliphatic carbocycles. The van der Waals surface area contributed by atoms with E-state index in [0.717, 1.165) is 12.8 Å². The van der Waals surface area contributed by atoms with Crippen molar-refractivity contribution in [2.45, 2.75) is 77.4 Å². The van der Waals surface area contributed by atoms with Gasteiger partial charge in [-0.3, -0.25) is 4.79 Å². The Morgan fingerprint density at radius 1 is 1.18 bits per heavy atom. The van der Waals surface area contributed by atoms with Crippen LogP contribution in [0.15, 0.2) is 0 Å². The first-order valence-electron chi connectivity index (χ1n) is 6.71. The zero-order valence-electron chi connectivity index (χ0n) is 11.7. The van der Waals surface area contributed by atoms with E-state index in [1.54, 1.807) is 0 Å². The number of ether oxygens (including phenoxy) is 1. The van der Waals surface area contributed by atoms with Gasteiger partial charge in [0.1, 0.15) is 5.60 Å². The molecular formula is C14H27NO2. The topological polar surface area (TPSA) is 52.3 Å². The first-order chi connectivity index (χ1) is 7.71. The molecule has 1 saturated carbocycles. The first kappa shape index (κ1) is 14.5. The quantitative estimate of drug-likeness (QED) is 0.773. The molecule has 0 radical (unpaired) electrons. The summed E-state index contributed by atoms with van der Waals surface area (Å²) in [7, 11) is 0. The van der Waals surface area contributed by atoms with Gasteiger partial charge in [-0.2, -0.15) is 0 Å². The van der Waals surface area contributed by atoms with Crippen LogP contribution in [-0.2, 0) is 9.53 Å². The monoisotopic (exact) mass is 241 g/mol. The van der Waals surface area contributed by atoms with Crippen LogP contribution in [0, 0.1) is 5.92 Å². The van der Waals surface area contributed by atoms with Gasteiger partial charge in [0, 0.05) is 5.54 Å². The molecule has 0 bridgehead atoms. The second-order valence-corrected chi connectivity index (χ2v) is 6.60. The van der Waals surface area contributed by atoms with E-state index in [0.29, 0.717) is 12.3 Å². The van der Waals surface area contributed by atoms with E-state index in [1.165, 1.54) is 19.3 Å². The number of hydrogen-bond acceptors (Lipinski definition) is 3. The number of nitrogens with two attached hydrogens (primary N) is 1. The van der Waals surface area contributed by atoms with Gasteiger partial charge in [-0.1, -0.05) is 19.3 Å². The Bertz CT molecular complexity index is 260. The van der Waals surface area contributed by atoms with Crippen LogP contribution < -0.4 is 5.73 Å². The van der Waals surface area contributed by atoms with Gasteiger partial charge in [0.15, 0.2) is 0 Å². The predicted octanol–water partition coefficient (Wildman–Crippen LogP) is 3.02. The minimum Gasteiger partial charge on any atom is -0.460 e. The molecule has 1 atom stereocenters. The fraction of sp³-hybridized carbons (Fsp3) is 0.929. The van der Waals surface area contributed by atoms with Crippen molar-refractivity contribution in [3.8, 4) is 0 Å². The molecule has 0 amide bonds. The minimum absolute atomic E-state index is 0.173. The van der Waals surface area contributed by atoms with Crippen LogP contribution in [0.5, 0.6) is 0 Å². The molecule has 3 nitrogen and oxygen atoms in total. The van der Waals surface area contributed by atoms with Crippen molar-refractivity contribution >= 4 is 5.97 Å². The highest BCUT2D eigenvalue weighted by molar-refractivity contribution is 5.71. The second-order valence-electron chi connectivity index (χ2n) is 6.60. The van der Waals surface area contributed by atoms with E-state index in [2.05, 4.69) is 0 Å². The van der Waals surface area contributed by atoms with Crippen LogP contribution in [0.1, 0.15) is 66.2 Å². The smallest absolute Gasteiger partial charge is 0.308 e. The fourth-order valence-corrected chi connectivity index (χ4v) is 2.59. The maximum absolute atomic E-state index is 11.8. The second kappa shape index (κ2) is 5.38. The van der Waals surface area contributed by atoms with Gasteiger partial charge in [0.2, 0.25) is 0 Å². The van der Waals surface area contributed by atoms with Crippen molar-refractivity contribution < 1.29 is 9.53 Å². The SMILES string of the molecule is CC(C)(C)OC(=O)CC(C)(N)C1CCCCC1. The van der Waals surface area contributed by atoms with Gasteiger partial charge in [-0.15, -0.1) is 0 Å². The molecule has 0 aromatic heterocycles. The number of carbonyl (C=O) groups excluding carboxylic acids is 1. The third-order valence-corrected chi connectivity index (χ3v) is 3.48. The van der Waals surface area contributed by atoms with E-state index in [4.69, 9.17) is 10.5 Å². The zero-order valence-corrected chi connectivity index (χ0v) is 11.7. The van der Waals surface area contributed by atoms with Crippen LogP contribution in [0.2, 0.25) is 0 Å². The normalized spacial score (nSPS) is 21.9. The van der Waals surface area contributed by atoms with Crippen molar-refractivity contribution in [3.63, 3.8) is 0 Å². The maximum atomic E-state index is 11.8. The number of rotatable bonds is 3. The summed E-state index contributed by atoms with van der Waals surface area (Å²) in [5, 5.41) is 0. The average Bonchev–Trinajstić information content (AvgIpc) is 2.15. The number of carbonyl (C=O) groups is 1. The van der Waals surface area contributed by atoms with Crippen molar-refractivity contribution in [3.05, 3.63) is 0 Å². The van der Waals surface area contributed by atoms with Gasteiger partial charge >= 0.3 is 5.97 Å². The third kappa shape index (κ3) is 5.07. The molecule has 0 aromatic carbocycles. The minimum atomic E-state index is -0.417. The molecule has 0 heterocycles. The van der Waals surface area contributed by atoms with Crippen LogP contribution in [-0.4, -0.2) is 17.1 Å². The summed E-state index contributed by atoms with van der Waals surface area (Å²) in [6.45, 7) is 7.66. The highest BCUT2D eigenvalue weighted by Gasteiger charge is 2.34. The molecule has 17 heavy (non-hydrogen) atoms. The van der Waals surface area contributed by atoms with Crippen molar-refractivity contribution in [1.29, 1.82) is 0 Å². The van der Waals surface area contributed by atoms with Crippen molar-refractivity contribution in [2.24, 2.45) is 11.7 Å². The number of hydrogen-bond donors (Lipinski definition) is 1. The van der Waals surface area contributed by atoms with E-state index in [9.17, 15) is 4.79 Å². The van der Waals surface area contributed by atoms with Gasteiger partial charge in [0.05, 0.1) is 6.42 Å². The van der Waals surface area contributed by atoms with Crippen molar-refractivity contribution in [2.75, 3.05) is 0 Å². The van der Waals surface area contributed by atoms with Gasteiger partial charge in [-0.25, -0.2) is 0 Å². The molecule has 1 fully saturated rings. The van der Waals surface area contributed by atoms with E-state index in [-0.39, 0.29) is 5.97 Å². The van der Waals surface area contributed by atoms with Crippen LogP contribution in [0.4, 0.5) is 0 Å². The Balaban J connectivity index is 2.50. The summed E-state index contributed by atoms with van der Waals surface area (Å²) in [5.41, 5.74) is 5.48. The largest absolute Gasteiger partial charge is 0.460 e. The highest BCUT2D eigenvalue weighted by atomic mass is 16.6. The summed E-state index contributed by atoms with van der Waals surface area (Å²) in [6.07, 6.45) is 6.41. The maximum Gasteiger partial charge on any atom is 0.308 e. The first-order valence-corrected chi connectivity index (χ1v) is 6.71. The Morgan fingerprint density at radius 2 is 1.71 bits per heavy atom. The average molecular weight is 241 g/mol. The molecule has 0 saturated heterocycles. The Hall–Kier alpha value is -0.570. The van der Waals surface area contributed by atoms with Crippen LogP contribution >= 0.6 is 0 Å². The van der Waals surface area contributed by atoms with Gasteiger partial charge < -0.3 is 10.5 Å². The summed E-state index contributed by atoms with van der Waals surface area (Å²) in [5.74, 6) is 0.289. The lowest BCUT2D eigenvalue weighted by Crippen LogP contribution is -2.47. The summed E-state index contributed by atoms with van der Waals surface area (Å²) < 4.78 is 5.35. The highest BCUT2D eigenvalue weighted by Crippen LogP contribution is 2.33.